The zero-order chi connectivity index (χ0) is 26.7. The maximum Gasteiger partial charge on any atom is 0.319 e. The van der Waals surface area contributed by atoms with Crippen molar-refractivity contribution in [3.63, 3.8) is 0 Å². The van der Waals surface area contributed by atoms with E-state index in [0.717, 1.165) is 16.5 Å². The number of aromatic carboxylic acids is 1. The molecule has 1 aromatic heterocycles. The molecule has 2 aromatic carbocycles. The first-order chi connectivity index (χ1) is 17.5. The van der Waals surface area contributed by atoms with Gasteiger partial charge in [-0.1, -0.05) is 30.3 Å². The number of urea groups is 1. The van der Waals surface area contributed by atoms with Crippen molar-refractivity contribution in [2.45, 2.75) is 38.8 Å². The quantitative estimate of drug-likeness (QED) is 0.439. The van der Waals surface area contributed by atoms with E-state index in [2.05, 4.69) is 15.6 Å². The van der Waals surface area contributed by atoms with Gasteiger partial charge in [0.2, 0.25) is 5.91 Å². The van der Waals surface area contributed by atoms with E-state index in [-0.39, 0.29) is 29.7 Å². The summed E-state index contributed by atoms with van der Waals surface area (Å²) >= 11 is 0. The number of anilines is 1. The summed E-state index contributed by atoms with van der Waals surface area (Å²) in [5.74, 6) is -2.67. The fourth-order valence-electron chi connectivity index (χ4n) is 4.58. The first-order valence-corrected chi connectivity index (χ1v) is 12.0. The van der Waals surface area contributed by atoms with Gasteiger partial charge in [-0.3, -0.25) is 9.59 Å². The molecule has 3 N–H and O–H groups in total. The van der Waals surface area contributed by atoms with Crippen LogP contribution in [0.4, 0.5) is 10.5 Å². The third-order valence-electron chi connectivity index (χ3n) is 6.12. The maximum absolute atomic E-state index is 13.3. The van der Waals surface area contributed by atoms with E-state index in [1.807, 2.05) is 30.5 Å². The van der Waals surface area contributed by atoms with Crippen LogP contribution in [0.1, 0.15) is 49.2 Å². The Morgan fingerprint density at radius 2 is 1.86 bits per heavy atom. The van der Waals surface area contributed by atoms with Crippen molar-refractivity contribution < 1.29 is 29.0 Å². The summed E-state index contributed by atoms with van der Waals surface area (Å²) in [7, 11) is 0. The third kappa shape index (κ3) is 5.91. The molecular weight excluding hydrogens is 476 g/mol. The molecule has 194 valence electrons. The van der Waals surface area contributed by atoms with Gasteiger partial charge in [-0.15, -0.1) is 0 Å². The number of carbonyl (C=O) groups excluding carboxylic acids is 4. The molecule has 0 bridgehead atoms. The lowest BCUT2D eigenvalue weighted by atomic mass is 9.93. The van der Waals surface area contributed by atoms with Crippen LogP contribution in [-0.2, 0) is 14.3 Å². The highest BCUT2D eigenvalue weighted by molar-refractivity contribution is 5.94. The molecule has 1 aliphatic rings. The Labute approximate surface area is 214 Å². The summed E-state index contributed by atoms with van der Waals surface area (Å²) in [5, 5.41) is 17.0. The highest BCUT2D eigenvalue weighted by atomic mass is 16.6. The zero-order valence-corrected chi connectivity index (χ0v) is 20.9. The van der Waals surface area contributed by atoms with Gasteiger partial charge in [-0.2, -0.15) is 0 Å². The molecule has 0 spiro atoms. The minimum atomic E-state index is -1.36. The molecule has 10 nitrogen and oxygen atoms in total. The van der Waals surface area contributed by atoms with E-state index >= 15 is 0 Å². The van der Waals surface area contributed by atoms with Gasteiger partial charge in [-0.25, -0.2) is 4.79 Å². The number of carboxylic acids is 1. The number of rotatable bonds is 6. The van der Waals surface area contributed by atoms with Crippen molar-refractivity contribution in [3.05, 3.63) is 65.9 Å². The Hall–Kier alpha value is -4.34. The van der Waals surface area contributed by atoms with Crippen LogP contribution in [0.15, 0.2) is 54.7 Å². The number of nitrogens with one attached hydrogen (secondary N) is 3. The van der Waals surface area contributed by atoms with Gasteiger partial charge in [0, 0.05) is 34.9 Å². The number of aromatic nitrogens is 1. The van der Waals surface area contributed by atoms with Gasteiger partial charge < -0.3 is 35.2 Å². The number of hydrogen-bond donors (Lipinski definition) is 3. The molecule has 2 heterocycles. The first kappa shape index (κ1) is 25.7. The maximum atomic E-state index is 13.3. The Bertz CT molecular complexity index is 1340. The Morgan fingerprint density at radius 1 is 1.11 bits per heavy atom. The Balaban J connectivity index is 1.50. The van der Waals surface area contributed by atoms with Gasteiger partial charge in [0.05, 0.1) is 24.5 Å². The van der Waals surface area contributed by atoms with E-state index in [0.29, 0.717) is 13.0 Å². The minimum Gasteiger partial charge on any atom is -0.545 e. The lowest BCUT2D eigenvalue weighted by Crippen LogP contribution is -2.42. The third-order valence-corrected chi connectivity index (χ3v) is 6.12. The Kier molecular flexibility index (Phi) is 7.19. The summed E-state index contributed by atoms with van der Waals surface area (Å²) in [4.78, 5) is 54.6. The average Bonchev–Trinajstić information content (AvgIpc) is 3.46. The molecule has 3 aromatic rings. The van der Waals surface area contributed by atoms with E-state index in [1.54, 1.807) is 25.7 Å². The SMILES string of the molecule is CC(C)(C)OC(=O)C1CCN(C(=O)CNC(=O)Nc2cccc(C(=O)[O-])c2)C1c1c[nH]c2ccccc12. The van der Waals surface area contributed by atoms with Crippen LogP contribution in [-0.4, -0.2) is 52.5 Å². The molecule has 1 fully saturated rings. The number of likely N-dealkylation sites (tertiary alicyclic amines) is 1. The van der Waals surface area contributed by atoms with Crippen LogP contribution in [0.2, 0.25) is 0 Å². The minimum absolute atomic E-state index is 0.0827. The summed E-state index contributed by atoms with van der Waals surface area (Å²) < 4.78 is 5.67. The fraction of sp³-hybridized carbons (Fsp3) is 0.333. The number of amides is 3. The van der Waals surface area contributed by atoms with Gasteiger partial charge in [0.25, 0.3) is 0 Å². The second kappa shape index (κ2) is 10.3. The second-order valence-corrected chi connectivity index (χ2v) is 9.93. The van der Waals surface area contributed by atoms with E-state index in [1.165, 1.54) is 24.3 Å². The highest BCUT2D eigenvalue weighted by Gasteiger charge is 2.44. The zero-order valence-electron chi connectivity index (χ0n) is 20.9. The molecule has 37 heavy (non-hydrogen) atoms. The van der Waals surface area contributed by atoms with Crippen molar-refractivity contribution in [2.75, 3.05) is 18.4 Å². The van der Waals surface area contributed by atoms with Crippen molar-refractivity contribution >= 4 is 40.5 Å². The van der Waals surface area contributed by atoms with Crippen LogP contribution < -0.4 is 15.7 Å². The van der Waals surface area contributed by atoms with E-state index in [4.69, 9.17) is 4.74 Å². The van der Waals surface area contributed by atoms with Crippen LogP contribution >= 0.6 is 0 Å². The molecule has 1 aliphatic heterocycles. The van der Waals surface area contributed by atoms with Crippen LogP contribution in [0.5, 0.6) is 0 Å². The number of benzene rings is 2. The number of fused-ring (bicyclic) bond motifs is 1. The number of esters is 1. The number of H-pyrrole nitrogens is 1. The molecule has 2 atom stereocenters. The highest BCUT2D eigenvalue weighted by Crippen LogP contribution is 2.41. The van der Waals surface area contributed by atoms with Crippen LogP contribution in [0, 0.1) is 5.92 Å². The van der Waals surface area contributed by atoms with Crippen molar-refractivity contribution in [1.82, 2.24) is 15.2 Å². The molecule has 1 saturated heterocycles. The molecule has 0 saturated carbocycles. The standard InChI is InChI=1S/C27H30N4O6/c1-27(2,3)37-25(35)19-11-12-31(23(19)20-14-28-21-10-5-4-9-18(20)21)22(32)15-29-26(36)30-17-8-6-7-16(13-17)24(33)34/h4-10,13-14,19,23,28H,11-12,15H2,1-3H3,(H,33,34)(H2,29,30,36)/p-1. The van der Waals surface area contributed by atoms with Crippen molar-refractivity contribution in [3.8, 4) is 0 Å². The summed E-state index contributed by atoms with van der Waals surface area (Å²) in [6.45, 7) is 5.41. The second-order valence-electron chi connectivity index (χ2n) is 9.93. The molecule has 0 aliphatic carbocycles. The molecule has 3 amide bonds. The number of ether oxygens (including phenoxy) is 1. The normalized spacial score (nSPS) is 17.4. The predicted molar refractivity (Wildman–Crippen MR) is 134 cm³/mol. The number of carboxylic acid groups (broad SMARTS) is 1. The number of para-hydroxylation sites is 1. The van der Waals surface area contributed by atoms with Crippen LogP contribution in [0.3, 0.4) is 0 Å². The van der Waals surface area contributed by atoms with Gasteiger partial charge in [0.1, 0.15) is 5.60 Å². The van der Waals surface area contributed by atoms with E-state index in [9.17, 15) is 24.3 Å². The number of hydrogen-bond acceptors (Lipinski definition) is 6. The van der Waals surface area contributed by atoms with Gasteiger partial charge >= 0.3 is 12.0 Å². The first-order valence-electron chi connectivity index (χ1n) is 12.0. The number of carbonyl (C=O) groups is 4. The van der Waals surface area contributed by atoms with E-state index < -0.39 is 29.6 Å². The van der Waals surface area contributed by atoms with Gasteiger partial charge in [-0.05, 0) is 51.0 Å². The van der Waals surface area contributed by atoms with Crippen molar-refractivity contribution in [1.29, 1.82) is 0 Å². The molecule has 2 unspecified atom stereocenters. The number of aromatic amines is 1. The molecule has 4 rings (SSSR count). The number of nitrogens with zero attached hydrogens (tertiary/aromatic N) is 1. The largest absolute Gasteiger partial charge is 0.545 e. The molecule has 0 radical (unpaired) electrons. The van der Waals surface area contributed by atoms with Gasteiger partial charge in [0.15, 0.2) is 0 Å². The smallest absolute Gasteiger partial charge is 0.319 e. The monoisotopic (exact) mass is 505 g/mol. The summed E-state index contributed by atoms with van der Waals surface area (Å²) in [6, 6.07) is 12.0. The van der Waals surface area contributed by atoms with Crippen LogP contribution in [0.25, 0.3) is 10.9 Å². The lowest BCUT2D eigenvalue weighted by Gasteiger charge is -2.29. The average molecular weight is 506 g/mol. The van der Waals surface area contributed by atoms with Crippen molar-refractivity contribution in [2.24, 2.45) is 5.92 Å². The fourth-order valence-corrected chi connectivity index (χ4v) is 4.58. The lowest BCUT2D eigenvalue weighted by molar-refractivity contribution is -0.255. The molecule has 10 heteroatoms. The molecular formula is C27H29N4O6-. The topological polar surface area (TPSA) is 144 Å². The Morgan fingerprint density at radius 3 is 2.59 bits per heavy atom. The predicted octanol–water partition coefficient (Wildman–Crippen LogP) is 2.58. The summed E-state index contributed by atoms with van der Waals surface area (Å²) in [5.41, 5.74) is 1.18. The summed E-state index contributed by atoms with van der Waals surface area (Å²) in [6.07, 6.45) is 2.23.